The molecule has 3 rings (SSSR count). The molecule has 1 heterocycles. The van der Waals surface area contributed by atoms with Crippen molar-refractivity contribution in [1.82, 2.24) is 10.1 Å². The second kappa shape index (κ2) is 6.13. The minimum absolute atomic E-state index is 0.106. The maximum absolute atomic E-state index is 9.78. The molecular formula is C17H14N2O3. The molecule has 3 aromatic rings. The summed E-state index contributed by atoms with van der Waals surface area (Å²) in [6.45, 7) is 0. The van der Waals surface area contributed by atoms with Gasteiger partial charge in [0.2, 0.25) is 0 Å². The number of rotatable bonds is 4. The molecule has 5 heteroatoms. The van der Waals surface area contributed by atoms with Crippen molar-refractivity contribution in [3.63, 3.8) is 0 Å². The predicted octanol–water partition coefficient (Wildman–Crippen LogP) is 3.62. The SMILES string of the molecule is COc1cccc(/C=C/c2noc(-c3ccccc3O)n2)c1. The van der Waals surface area contributed by atoms with E-state index in [0.29, 0.717) is 11.4 Å². The van der Waals surface area contributed by atoms with Crippen LogP contribution in [0.3, 0.4) is 0 Å². The summed E-state index contributed by atoms with van der Waals surface area (Å²) in [5.74, 6) is 1.60. The van der Waals surface area contributed by atoms with E-state index in [0.717, 1.165) is 11.3 Å². The number of phenolic OH excluding ortho intramolecular Hbond substituents is 1. The summed E-state index contributed by atoms with van der Waals surface area (Å²) in [5.41, 5.74) is 1.48. The van der Waals surface area contributed by atoms with E-state index in [4.69, 9.17) is 9.26 Å². The van der Waals surface area contributed by atoms with Crippen LogP contribution in [0.1, 0.15) is 11.4 Å². The van der Waals surface area contributed by atoms with Crippen molar-refractivity contribution in [2.75, 3.05) is 7.11 Å². The number of aromatic hydroxyl groups is 1. The second-order valence-electron chi connectivity index (χ2n) is 4.58. The fraction of sp³-hybridized carbons (Fsp3) is 0.0588. The lowest BCUT2D eigenvalue weighted by Gasteiger charge is -1.99. The van der Waals surface area contributed by atoms with Crippen molar-refractivity contribution < 1.29 is 14.4 Å². The molecule has 2 aromatic carbocycles. The van der Waals surface area contributed by atoms with E-state index < -0.39 is 0 Å². The van der Waals surface area contributed by atoms with E-state index in [1.807, 2.05) is 30.3 Å². The maximum atomic E-state index is 9.78. The minimum Gasteiger partial charge on any atom is -0.507 e. The molecule has 0 aliphatic heterocycles. The maximum Gasteiger partial charge on any atom is 0.261 e. The van der Waals surface area contributed by atoms with Gasteiger partial charge in [0, 0.05) is 0 Å². The highest BCUT2D eigenvalue weighted by atomic mass is 16.5. The van der Waals surface area contributed by atoms with Crippen LogP contribution in [0, 0.1) is 0 Å². The summed E-state index contributed by atoms with van der Waals surface area (Å²) >= 11 is 0. The van der Waals surface area contributed by atoms with Crippen LogP contribution in [0.4, 0.5) is 0 Å². The number of hydrogen-bond acceptors (Lipinski definition) is 5. The van der Waals surface area contributed by atoms with E-state index >= 15 is 0 Å². The van der Waals surface area contributed by atoms with Crippen LogP contribution >= 0.6 is 0 Å². The molecule has 0 radical (unpaired) electrons. The van der Waals surface area contributed by atoms with Crippen molar-refractivity contribution >= 4 is 12.2 Å². The summed E-state index contributed by atoms with van der Waals surface area (Å²) in [4.78, 5) is 4.24. The Morgan fingerprint density at radius 1 is 1.09 bits per heavy atom. The molecular weight excluding hydrogens is 280 g/mol. The lowest BCUT2D eigenvalue weighted by atomic mass is 10.2. The van der Waals surface area contributed by atoms with Crippen molar-refractivity contribution in [2.45, 2.75) is 0 Å². The molecule has 0 atom stereocenters. The Morgan fingerprint density at radius 2 is 1.95 bits per heavy atom. The molecule has 0 aliphatic rings. The second-order valence-corrected chi connectivity index (χ2v) is 4.58. The average molecular weight is 294 g/mol. The molecule has 1 aromatic heterocycles. The van der Waals surface area contributed by atoms with Gasteiger partial charge in [0.1, 0.15) is 11.5 Å². The van der Waals surface area contributed by atoms with Gasteiger partial charge in [-0.15, -0.1) is 0 Å². The van der Waals surface area contributed by atoms with Crippen molar-refractivity contribution in [3.05, 3.63) is 59.9 Å². The molecule has 0 spiro atoms. The summed E-state index contributed by atoms with van der Waals surface area (Å²) in [6.07, 6.45) is 3.60. The molecule has 0 fully saturated rings. The van der Waals surface area contributed by atoms with Gasteiger partial charge in [-0.3, -0.25) is 0 Å². The molecule has 0 saturated carbocycles. The average Bonchev–Trinajstić information content (AvgIpc) is 3.02. The number of aromatic nitrogens is 2. The first-order valence-electron chi connectivity index (χ1n) is 6.70. The van der Waals surface area contributed by atoms with Crippen molar-refractivity contribution in [3.8, 4) is 23.0 Å². The summed E-state index contributed by atoms with van der Waals surface area (Å²) < 4.78 is 10.3. The van der Waals surface area contributed by atoms with Gasteiger partial charge in [0.05, 0.1) is 12.7 Å². The molecule has 0 unspecified atom stereocenters. The molecule has 110 valence electrons. The van der Waals surface area contributed by atoms with Crippen molar-refractivity contribution in [2.24, 2.45) is 0 Å². The Kier molecular flexibility index (Phi) is 3.87. The van der Waals surface area contributed by atoms with Crippen molar-refractivity contribution in [1.29, 1.82) is 0 Å². The number of ether oxygens (including phenoxy) is 1. The Labute approximate surface area is 127 Å². The molecule has 1 N–H and O–H groups in total. The van der Waals surface area contributed by atoms with E-state index in [1.165, 1.54) is 0 Å². The molecule has 5 nitrogen and oxygen atoms in total. The lowest BCUT2D eigenvalue weighted by Crippen LogP contribution is -1.82. The van der Waals surface area contributed by atoms with E-state index in [2.05, 4.69) is 10.1 Å². The van der Waals surface area contributed by atoms with Crippen LogP contribution in [0.25, 0.3) is 23.6 Å². The highest BCUT2D eigenvalue weighted by molar-refractivity contribution is 5.68. The zero-order chi connectivity index (χ0) is 15.4. The van der Waals surface area contributed by atoms with Crippen LogP contribution in [0.2, 0.25) is 0 Å². The fourth-order valence-electron chi connectivity index (χ4n) is 1.98. The van der Waals surface area contributed by atoms with E-state index in [-0.39, 0.29) is 11.6 Å². The van der Waals surface area contributed by atoms with E-state index in [1.54, 1.807) is 37.5 Å². The zero-order valence-corrected chi connectivity index (χ0v) is 11.9. The largest absolute Gasteiger partial charge is 0.507 e. The van der Waals surface area contributed by atoms with E-state index in [9.17, 15) is 5.11 Å². The van der Waals surface area contributed by atoms with Gasteiger partial charge in [-0.2, -0.15) is 4.98 Å². The molecule has 0 saturated heterocycles. The summed E-state index contributed by atoms with van der Waals surface area (Å²) in [5, 5.41) is 13.7. The summed E-state index contributed by atoms with van der Waals surface area (Å²) in [7, 11) is 1.63. The van der Waals surface area contributed by atoms with Gasteiger partial charge in [-0.25, -0.2) is 0 Å². The monoisotopic (exact) mass is 294 g/mol. The first kappa shape index (κ1) is 13.9. The Hall–Kier alpha value is -3.08. The van der Waals surface area contributed by atoms with Gasteiger partial charge in [0.25, 0.3) is 5.89 Å². The zero-order valence-electron chi connectivity index (χ0n) is 11.9. The number of benzene rings is 2. The van der Waals surface area contributed by atoms with Gasteiger partial charge >= 0.3 is 0 Å². The van der Waals surface area contributed by atoms with Crippen LogP contribution in [0.15, 0.2) is 53.1 Å². The number of hydrogen-bond donors (Lipinski definition) is 1. The summed E-state index contributed by atoms with van der Waals surface area (Å²) in [6, 6.07) is 14.5. The third-order valence-electron chi connectivity index (χ3n) is 3.09. The standard InChI is InChI=1S/C17H14N2O3/c1-21-13-6-4-5-12(11-13)9-10-16-18-17(22-19-16)14-7-2-3-8-15(14)20/h2-11,20H,1H3/b10-9+. The first-order valence-corrected chi connectivity index (χ1v) is 6.70. The predicted molar refractivity (Wildman–Crippen MR) is 83.3 cm³/mol. The van der Waals surface area contributed by atoms with Gasteiger partial charge in [0.15, 0.2) is 5.82 Å². The third-order valence-corrected chi connectivity index (χ3v) is 3.09. The minimum atomic E-state index is 0.106. The topological polar surface area (TPSA) is 68.4 Å². The quantitative estimate of drug-likeness (QED) is 0.796. The Bertz CT molecular complexity index is 809. The van der Waals surface area contributed by atoms with Crippen LogP contribution in [0.5, 0.6) is 11.5 Å². The molecule has 0 aliphatic carbocycles. The number of para-hydroxylation sites is 1. The highest BCUT2D eigenvalue weighted by Gasteiger charge is 2.10. The molecule has 0 amide bonds. The molecule has 0 bridgehead atoms. The lowest BCUT2D eigenvalue weighted by molar-refractivity contribution is 0.414. The fourth-order valence-corrected chi connectivity index (χ4v) is 1.98. The number of nitrogens with zero attached hydrogens (tertiary/aromatic N) is 2. The number of methoxy groups -OCH3 is 1. The Balaban J connectivity index is 1.82. The van der Waals surface area contributed by atoms with Crippen LogP contribution in [-0.4, -0.2) is 22.4 Å². The van der Waals surface area contributed by atoms with Gasteiger partial charge in [-0.1, -0.05) is 35.5 Å². The van der Waals surface area contributed by atoms with Gasteiger partial charge < -0.3 is 14.4 Å². The smallest absolute Gasteiger partial charge is 0.261 e. The van der Waals surface area contributed by atoms with Gasteiger partial charge in [-0.05, 0) is 35.9 Å². The highest BCUT2D eigenvalue weighted by Crippen LogP contribution is 2.27. The Morgan fingerprint density at radius 3 is 2.77 bits per heavy atom. The normalized spacial score (nSPS) is 11.0. The number of phenols is 1. The first-order chi connectivity index (χ1) is 10.8. The third kappa shape index (κ3) is 2.98. The van der Waals surface area contributed by atoms with Crippen LogP contribution in [-0.2, 0) is 0 Å². The van der Waals surface area contributed by atoms with Crippen LogP contribution < -0.4 is 4.74 Å². The molecule has 22 heavy (non-hydrogen) atoms.